The van der Waals surface area contributed by atoms with Crippen molar-refractivity contribution in [3.8, 4) is 0 Å². The van der Waals surface area contributed by atoms with E-state index >= 15 is 0 Å². The van der Waals surface area contributed by atoms with E-state index in [-0.39, 0.29) is 28.3 Å². The van der Waals surface area contributed by atoms with Gasteiger partial charge >= 0.3 is 0 Å². The van der Waals surface area contributed by atoms with Crippen molar-refractivity contribution >= 4 is 12.7 Å². The number of rotatable bonds is 2. The summed E-state index contributed by atoms with van der Waals surface area (Å²) in [4.78, 5) is 17.0. The second kappa shape index (κ2) is 6.80. The lowest BCUT2D eigenvalue weighted by molar-refractivity contribution is -0.0677. The molecule has 28 heavy (non-hydrogen) atoms. The zero-order valence-corrected chi connectivity index (χ0v) is 20.0. The van der Waals surface area contributed by atoms with E-state index in [2.05, 4.69) is 95.5 Å². The van der Waals surface area contributed by atoms with Crippen LogP contribution in [0.2, 0.25) is 0 Å². The first-order valence-electron chi connectivity index (χ1n) is 11.0. The summed E-state index contributed by atoms with van der Waals surface area (Å²) in [6, 6.07) is 0.471. The standard InChI is InChI=1S/C23H43N5/c1-20(2)11-17(12-21(3,4)26(20)9)19-25-15-24-16-28(19)18-13-22(5,6)27(10)23(7,8)14-18/h15-19H,11-14H2,1-10H3. The summed E-state index contributed by atoms with van der Waals surface area (Å²) in [7, 11) is 4.56. The van der Waals surface area contributed by atoms with Crippen molar-refractivity contribution in [2.45, 2.75) is 115 Å². The fraction of sp³-hybridized carbons (Fsp3) is 0.913. The Morgan fingerprint density at radius 2 is 1.14 bits per heavy atom. The lowest BCUT2D eigenvalue weighted by atomic mass is 9.72. The smallest absolute Gasteiger partial charge is 0.126 e. The van der Waals surface area contributed by atoms with Gasteiger partial charge in [-0.05, 0) is 95.2 Å². The Kier molecular flexibility index (Phi) is 5.28. The predicted molar refractivity (Wildman–Crippen MR) is 120 cm³/mol. The van der Waals surface area contributed by atoms with E-state index in [9.17, 15) is 0 Å². The third-order valence-electron chi connectivity index (χ3n) is 8.26. The molecular weight excluding hydrogens is 346 g/mol. The van der Waals surface area contributed by atoms with Crippen LogP contribution in [0.4, 0.5) is 0 Å². The zero-order chi connectivity index (χ0) is 21.1. The van der Waals surface area contributed by atoms with Crippen molar-refractivity contribution in [3.05, 3.63) is 0 Å². The van der Waals surface area contributed by atoms with Gasteiger partial charge in [0.25, 0.3) is 0 Å². The number of hydrogen-bond acceptors (Lipinski definition) is 5. The summed E-state index contributed by atoms with van der Waals surface area (Å²) in [6.07, 6.45) is 8.68. The Labute approximate surface area is 173 Å². The Hall–Kier alpha value is -0.940. The molecule has 0 aliphatic carbocycles. The van der Waals surface area contributed by atoms with E-state index in [1.165, 1.54) is 12.8 Å². The van der Waals surface area contributed by atoms with E-state index in [0.717, 1.165) is 12.8 Å². The van der Waals surface area contributed by atoms with Crippen molar-refractivity contribution < 1.29 is 0 Å². The number of likely N-dealkylation sites (tertiary alicyclic amines) is 2. The summed E-state index contributed by atoms with van der Waals surface area (Å²) >= 11 is 0. The monoisotopic (exact) mass is 389 g/mol. The molecule has 0 aromatic carbocycles. The highest BCUT2D eigenvalue weighted by Gasteiger charge is 2.50. The second-order valence-corrected chi connectivity index (χ2v) is 12.0. The highest BCUT2D eigenvalue weighted by atomic mass is 15.3. The highest BCUT2D eigenvalue weighted by molar-refractivity contribution is 5.74. The van der Waals surface area contributed by atoms with E-state index in [1.54, 1.807) is 6.34 Å². The molecule has 1 atom stereocenters. The number of nitrogens with zero attached hydrogens (tertiary/aromatic N) is 5. The largest absolute Gasteiger partial charge is 0.337 e. The maximum absolute atomic E-state index is 4.95. The van der Waals surface area contributed by atoms with Gasteiger partial charge in [0.15, 0.2) is 0 Å². The summed E-state index contributed by atoms with van der Waals surface area (Å²) in [6.45, 7) is 19.0. The summed E-state index contributed by atoms with van der Waals surface area (Å²) in [5, 5.41) is 0. The van der Waals surface area contributed by atoms with E-state index in [0.29, 0.717) is 12.0 Å². The van der Waals surface area contributed by atoms with E-state index < -0.39 is 0 Å². The van der Waals surface area contributed by atoms with Gasteiger partial charge in [0, 0.05) is 34.1 Å². The van der Waals surface area contributed by atoms with Crippen LogP contribution in [0.15, 0.2) is 9.98 Å². The number of aliphatic imine (C=N–C) groups is 2. The molecule has 3 rings (SSSR count). The number of hydrogen-bond donors (Lipinski definition) is 0. The van der Waals surface area contributed by atoms with Crippen molar-refractivity contribution in [1.29, 1.82) is 0 Å². The molecule has 160 valence electrons. The van der Waals surface area contributed by atoms with Crippen molar-refractivity contribution in [2.24, 2.45) is 15.9 Å². The molecule has 3 aliphatic rings. The molecule has 3 aliphatic heterocycles. The molecule has 0 N–H and O–H groups in total. The van der Waals surface area contributed by atoms with Crippen molar-refractivity contribution in [2.75, 3.05) is 14.1 Å². The minimum absolute atomic E-state index is 0.164. The lowest BCUT2D eigenvalue weighted by Crippen LogP contribution is -2.65. The quantitative estimate of drug-likeness (QED) is 0.709. The summed E-state index contributed by atoms with van der Waals surface area (Å²) < 4.78 is 0. The van der Waals surface area contributed by atoms with E-state index in [1.807, 2.05) is 0 Å². The Morgan fingerprint density at radius 1 is 0.714 bits per heavy atom. The molecule has 3 heterocycles. The summed E-state index contributed by atoms with van der Waals surface area (Å²) in [5.41, 5.74) is 0.676. The van der Waals surface area contributed by atoms with Crippen LogP contribution in [0.25, 0.3) is 0 Å². The summed E-state index contributed by atoms with van der Waals surface area (Å²) in [5.74, 6) is 0.537. The van der Waals surface area contributed by atoms with Crippen LogP contribution >= 0.6 is 0 Å². The molecule has 0 aromatic heterocycles. The van der Waals surface area contributed by atoms with Gasteiger partial charge in [-0.25, -0.2) is 9.98 Å². The molecule has 2 fully saturated rings. The SMILES string of the molecule is CN1C(C)(C)CC(C2N=CN=CN2C2CC(C)(C)N(C)C(C)(C)C2)CC1(C)C. The van der Waals surface area contributed by atoms with Crippen LogP contribution in [0, 0.1) is 5.92 Å². The molecule has 0 bridgehead atoms. The third kappa shape index (κ3) is 3.77. The van der Waals surface area contributed by atoms with Crippen LogP contribution in [-0.2, 0) is 0 Å². The maximum atomic E-state index is 4.95. The van der Waals surface area contributed by atoms with Gasteiger partial charge in [0.2, 0.25) is 0 Å². The first-order chi connectivity index (χ1) is 12.7. The molecule has 5 heteroatoms. The fourth-order valence-electron chi connectivity index (χ4n) is 6.22. The van der Waals surface area contributed by atoms with Gasteiger partial charge in [0.1, 0.15) is 12.5 Å². The first kappa shape index (κ1) is 21.8. The first-order valence-corrected chi connectivity index (χ1v) is 11.0. The highest BCUT2D eigenvalue weighted by Crippen LogP contribution is 2.45. The molecule has 2 saturated heterocycles. The van der Waals surface area contributed by atoms with Gasteiger partial charge in [-0.15, -0.1) is 0 Å². The fourth-order valence-corrected chi connectivity index (χ4v) is 6.22. The van der Waals surface area contributed by atoms with Crippen LogP contribution < -0.4 is 0 Å². The predicted octanol–water partition coefficient (Wildman–Crippen LogP) is 4.24. The van der Waals surface area contributed by atoms with Crippen LogP contribution in [-0.4, -0.2) is 75.8 Å². The lowest BCUT2D eigenvalue weighted by Gasteiger charge is -2.58. The zero-order valence-electron chi connectivity index (χ0n) is 20.0. The third-order valence-corrected chi connectivity index (χ3v) is 8.26. The molecule has 0 amide bonds. The number of piperidine rings is 2. The minimum atomic E-state index is 0.164. The molecule has 0 saturated carbocycles. The Balaban J connectivity index is 1.88. The minimum Gasteiger partial charge on any atom is -0.337 e. The molecule has 0 spiro atoms. The molecule has 1 unspecified atom stereocenters. The van der Waals surface area contributed by atoms with Crippen LogP contribution in [0.5, 0.6) is 0 Å². The Morgan fingerprint density at radius 3 is 1.61 bits per heavy atom. The van der Waals surface area contributed by atoms with Crippen LogP contribution in [0.3, 0.4) is 0 Å². The van der Waals surface area contributed by atoms with Gasteiger partial charge in [-0.1, -0.05) is 0 Å². The van der Waals surface area contributed by atoms with Gasteiger partial charge in [-0.3, -0.25) is 9.80 Å². The molecular formula is C23H43N5. The maximum Gasteiger partial charge on any atom is 0.126 e. The average molecular weight is 390 g/mol. The second-order valence-electron chi connectivity index (χ2n) is 12.0. The topological polar surface area (TPSA) is 34.4 Å². The van der Waals surface area contributed by atoms with Gasteiger partial charge < -0.3 is 4.90 Å². The molecule has 0 aromatic rings. The normalized spacial score (nSPS) is 33.4. The van der Waals surface area contributed by atoms with Crippen molar-refractivity contribution in [3.63, 3.8) is 0 Å². The molecule has 0 radical (unpaired) electrons. The Bertz CT molecular complexity index is 553. The van der Waals surface area contributed by atoms with Crippen molar-refractivity contribution in [1.82, 2.24) is 14.7 Å². The average Bonchev–Trinajstić information content (AvgIpc) is 2.56. The van der Waals surface area contributed by atoms with Gasteiger partial charge in [-0.2, -0.15) is 0 Å². The van der Waals surface area contributed by atoms with Gasteiger partial charge in [0.05, 0.1) is 6.34 Å². The molecule has 5 nitrogen and oxygen atoms in total. The van der Waals surface area contributed by atoms with E-state index in [4.69, 9.17) is 4.99 Å². The van der Waals surface area contributed by atoms with Crippen LogP contribution in [0.1, 0.15) is 81.1 Å².